The lowest BCUT2D eigenvalue weighted by molar-refractivity contribution is 0.538. The normalized spacial score (nSPS) is 20.7. The van der Waals surface area contributed by atoms with Gasteiger partial charge in [0.2, 0.25) is 10.0 Å². The molecule has 2 saturated carbocycles. The Hall–Kier alpha value is -0.850. The number of hydrogen-bond donors (Lipinski definition) is 2. The molecule has 1 heterocycles. The highest BCUT2D eigenvalue weighted by molar-refractivity contribution is 7.89. The minimum atomic E-state index is -3.40. The fraction of sp³-hybridized carbons (Fsp3) is 0.733. The topological polar surface area (TPSA) is 63.1 Å². The van der Waals surface area contributed by atoms with Crippen molar-refractivity contribution in [3.8, 4) is 0 Å². The van der Waals surface area contributed by atoms with Gasteiger partial charge in [-0.3, -0.25) is 0 Å². The van der Waals surface area contributed by atoms with Crippen molar-refractivity contribution < 1.29 is 8.42 Å². The molecule has 21 heavy (non-hydrogen) atoms. The molecule has 1 atom stereocenters. The van der Waals surface area contributed by atoms with Crippen LogP contribution in [0.4, 0.5) is 0 Å². The smallest absolute Gasteiger partial charge is 0.242 e. The van der Waals surface area contributed by atoms with Crippen LogP contribution in [0.25, 0.3) is 0 Å². The van der Waals surface area contributed by atoms with Crippen LogP contribution in [0.1, 0.15) is 51.3 Å². The molecule has 0 aromatic carbocycles. The van der Waals surface area contributed by atoms with Crippen molar-refractivity contribution in [2.45, 2.75) is 63.1 Å². The van der Waals surface area contributed by atoms with Gasteiger partial charge in [-0.15, -0.1) is 0 Å². The van der Waals surface area contributed by atoms with Gasteiger partial charge >= 0.3 is 0 Å². The molecule has 1 aromatic heterocycles. The van der Waals surface area contributed by atoms with E-state index >= 15 is 0 Å². The molecule has 2 N–H and O–H groups in total. The van der Waals surface area contributed by atoms with Crippen molar-refractivity contribution in [1.82, 2.24) is 14.6 Å². The first-order valence-corrected chi connectivity index (χ1v) is 9.43. The maximum Gasteiger partial charge on any atom is 0.242 e. The molecular formula is C15H25N3O2S. The molecule has 2 fully saturated rings. The summed E-state index contributed by atoms with van der Waals surface area (Å²) in [6.45, 7) is 5.63. The van der Waals surface area contributed by atoms with E-state index in [1.54, 1.807) is 0 Å². The van der Waals surface area contributed by atoms with Gasteiger partial charge in [0.05, 0.1) is 4.90 Å². The molecule has 0 radical (unpaired) electrons. The SMILES string of the molecule is CCNCc1cc(S(=O)(=O)NC(C)C2CC2)cn1C1CC1. The third-order valence-electron chi connectivity index (χ3n) is 4.38. The van der Waals surface area contributed by atoms with Crippen LogP contribution in [0.5, 0.6) is 0 Å². The van der Waals surface area contributed by atoms with Crippen molar-refractivity contribution >= 4 is 10.0 Å². The lowest BCUT2D eigenvalue weighted by atomic mass is 10.2. The predicted molar refractivity (Wildman–Crippen MR) is 82.6 cm³/mol. The Bertz CT molecular complexity index is 600. The summed E-state index contributed by atoms with van der Waals surface area (Å²) in [5.74, 6) is 0.520. The third kappa shape index (κ3) is 3.49. The zero-order valence-corrected chi connectivity index (χ0v) is 13.6. The van der Waals surface area contributed by atoms with Gasteiger partial charge in [0.1, 0.15) is 0 Å². The van der Waals surface area contributed by atoms with E-state index in [0.29, 0.717) is 16.9 Å². The van der Waals surface area contributed by atoms with Gasteiger partial charge < -0.3 is 9.88 Å². The minimum Gasteiger partial charge on any atom is -0.346 e. The zero-order valence-electron chi connectivity index (χ0n) is 12.8. The van der Waals surface area contributed by atoms with Gasteiger partial charge in [0.25, 0.3) is 0 Å². The average molecular weight is 311 g/mol. The lowest BCUT2D eigenvalue weighted by Gasteiger charge is -2.12. The van der Waals surface area contributed by atoms with Gasteiger partial charge in [0.15, 0.2) is 0 Å². The average Bonchev–Trinajstić information content (AvgIpc) is 3.32. The quantitative estimate of drug-likeness (QED) is 0.772. The molecule has 0 aliphatic heterocycles. The monoisotopic (exact) mass is 311 g/mol. The molecular weight excluding hydrogens is 286 g/mol. The fourth-order valence-corrected chi connectivity index (χ4v) is 4.10. The van der Waals surface area contributed by atoms with Crippen molar-refractivity contribution in [2.24, 2.45) is 5.92 Å². The van der Waals surface area contributed by atoms with Crippen LogP contribution in [-0.4, -0.2) is 25.6 Å². The molecule has 0 saturated heterocycles. The number of nitrogens with one attached hydrogen (secondary N) is 2. The fourth-order valence-electron chi connectivity index (χ4n) is 2.74. The first-order valence-electron chi connectivity index (χ1n) is 7.95. The van der Waals surface area contributed by atoms with Crippen LogP contribution in [0.15, 0.2) is 17.2 Å². The van der Waals surface area contributed by atoms with E-state index in [0.717, 1.165) is 44.5 Å². The van der Waals surface area contributed by atoms with Crippen molar-refractivity contribution in [3.63, 3.8) is 0 Å². The van der Waals surface area contributed by atoms with Gasteiger partial charge in [-0.05, 0) is 51.1 Å². The molecule has 1 unspecified atom stereocenters. The van der Waals surface area contributed by atoms with E-state index in [1.807, 2.05) is 19.2 Å². The van der Waals surface area contributed by atoms with E-state index < -0.39 is 10.0 Å². The molecule has 0 bridgehead atoms. The number of hydrogen-bond acceptors (Lipinski definition) is 3. The lowest BCUT2D eigenvalue weighted by Crippen LogP contribution is -2.33. The molecule has 3 rings (SSSR count). The highest BCUT2D eigenvalue weighted by Crippen LogP contribution is 2.37. The van der Waals surface area contributed by atoms with Crippen molar-refractivity contribution in [2.75, 3.05) is 6.54 Å². The number of sulfonamides is 1. The Labute approximate surface area is 127 Å². The van der Waals surface area contributed by atoms with Crippen LogP contribution >= 0.6 is 0 Å². The predicted octanol–water partition coefficient (Wildman–Crippen LogP) is 2.01. The second kappa shape index (κ2) is 5.74. The highest BCUT2D eigenvalue weighted by Gasteiger charge is 2.33. The summed E-state index contributed by atoms with van der Waals surface area (Å²) in [4.78, 5) is 0.412. The Morgan fingerprint density at radius 3 is 2.62 bits per heavy atom. The van der Waals surface area contributed by atoms with E-state index in [1.165, 1.54) is 0 Å². The Kier molecular flexibility index (Phi) is 4.12. The Morgan fingerprint density at radius 2 is 2.05 bits per heavy atom. The van der Waals surface area contributed by atoms with Crippen LogP contribution in [0, 0.1) is 5.92 Å². The van der Waals surface area contributed by atoms with E-state index in [-0.39, 0.29) is 6.04 Å². The third-order valence-corrected chi connectivity index (χ3v) is 5.91. The second-order valence-corrected chi connectivity index (χ2v) is 8.05. The largest absolute Gasteiger partial charge is 0.346 e. The van der Waals surface area contributed by atoms with Crippen molar-refractivity contribution in [3.05, 3.63) is 18.0 Å². The van der Waals surface area contributed by atoms with Crippen LogP contribution in [0.3, 0.4) is 0 Å². The molecule has 0 amide bonds. The van der Waals surface area contributed by atoms with Gasteiger partial charge in [-0.2, -0.15) is 0 Å². The summed E-state index contributed by atoms with van der Waals surface area (Å²) in [6, 6.07) is 2.35. The summed E-state index contributed by atoms with van der Waals surface area (Å²) in [5, 5.41) is 3.29. The van der Waals surface area contributed by atoms with Crippen LogP contribution in [0.2, 0.25) is 0 Å². The van der Waals surface area contributed by atoms with E-state index in [4.69, 9.17) is 0 Å². The Morgan fingerprint density at radius 1 is 1.33 bits per heavy atom. The maximum atomic E-state index is 12.5. The van der Waals surface area contributed by atoms with Gasteiger partial charge in [-0.1, -0.05) is 6.92 Å². The Balaban J connectivity index is 1.79. The summed E-state index contributed by atoms with van der Waals surface area (Å²) in [7, 11) is -3.40. The van der Waals surface area contributed by atoms with E-state index in [9.17, 15) is 8.42 Å². The zero-order chi connectivity index (χ0) is 15.0. The molecule has 118 valence electrons. The number of nitrogens with zero attached hydrogens (tertiary/aromatic N) is 1. The van der Waals surface area contributed by atoms with Crippen LogP contribution in [-0.2, 0) is 16.6 Å². The first kappa shape index (κ1) is 15.1. The molecule has 6 heteroatoms. The molecule has 2 aliphatic rings. The maximum absolute atomic E-state index is 12.5. The molecule has 1 aromatic rings. The molecule has 5 nitrogen and oxygen atoms in total. The summed E-state index contributed by atoms with van der Waals surface area (Å²) < 4.78 is 30.0. The summed E-state index contributed by atoms with van der Waals surface area (Å²) >= 11 is 0. The van der Waals surface area contributed by atoms with Gasteiger partial charge in [-0.25, -0.2) is 13.1 Å². The summed E-state index contributed by atoms with van der Waals surface area (Å²) in [6.07, 6.45) is 6.39. The second-order valence-electron chi connectivity index (χ2n) is 6.33. The molecule has 2 aliphatic carbocycles. The first-order chi connectivity index (χ1) is 10.0. The number of aromatic nitrogens is 1. The standard InChI is InChI=1S/C15H25N3O2S/c1-3-16-9-14-8-15(10-18(14)13-6-7-13)21(19,20)17-11(2)12-4-5-12/h8,10-13,16-17H,3-7,9H2,1-2H3. The minimum absolute atomic E-state index is 0.0384. The van der Waals surface area contributed by atoms with Crippen LogP contribution < -0.4 is 10.0 Å². The number of rotatable bonds is 8. The van der Waals surface area contributed by atoms with Gasteiger partial charge in [0, 0.05) is 30.5 Å². The summed E-state index contributed by atoms with van der Waals surface area (Å²) in [5.41, 5.74) is 1.07. The van der Waals surface area contributed by atoms with E-state index in [2.05, 4.69) is 21.5 Å². The van der Waals surface area contributed by atoms with Crippen molar-refractivity contribution in [1.29, 1.82) is 0 Å². The molecule has 0 spiro atoms. The highest BCUT2D eigenvalue weighted by atomic mass is 32.2.